The predicted molar refractivity (Wildman–Crippen MR) is 84.8 cm³/mol. The van der Waals surface area contributed by atoms with E-state index in [9.17, 15) is 9.18 Å². The number of carbonyl (C=O) groups is 1. The van der Waals surface area contributed by atoms with Gasteiger partial charge in [0.15, 0.2) is 0 Å². The van der Waals surface area contributed by atoms with Gasteiger partial charge in [-0.05, 0) is 50.0 Å². The molecule has 3 rings (SSSR count). The van der Waals surface area contributed by atoms with Crippen molar-refractivity contribution in [2.45, 2.75) is 25.8 Å². The van der Waals surface area contributed by atoms with E-state index in [4.69, 9.17) is 4.74 Å². The summed E-state index contributed by atoms with van der Waals surface area (Å²) in [7, 11) is 0. The van der Waals surface area contributed by atoms with Crippen molar-refractivity contribution in [2.24, 2.45) is 11.8 Å². The molecule has 2 heterocycles. The highest BCUT2D eigenvalue weighted by Gasteiger charge is 2.31. The van der Waals surface area contributed by atoms with Crippen LogP contribution in [0.1, 0.15) is 31.4 Å². The van der Waals surface area contributed by atoms with Crippen LogP contribution < -0.4 is 15.4 Å². The van der Waals surface area contributed by atoms with Gasteiger partial charge in [0, 0.05) is 11.5 Å². The van der Waals surface area contributed by atoms with Crippen molar-refractivity contribution < 1.29 is 13.9 Å². The van der Waals surface area contributed by atoms with Crippen LogP contribution in [0.25, 0.3) is 0 Å². The summed E-state index contributed by atoms with van der Waals surface area (Å²) in [4.78, 5) is 12.4. The molecule has 1 aromatic carbocycles. The topological polar surface area (TPSA) is 50.4 Å². The van der Waals surface area contributed by atoms with Crippen LogP contribution in [0.3, 0.4) is 0 Å². The van der Waals surface area contributed by atoms with Crippen molar-refractivity contribution in [3.05, 3.63) is 29.6 Å². The smallest absolute Gasteiger partial charge is 0.223 e. The number of ether oxygens (including phenoxy) is 1. The number of fused-ring (bicyclic) bond motifs is 1. The quantitative estimate of drug-likeness (QED) is 0.896. The molecule has 0 spiro atoms. The molecule has 0 radical (unpaired) electrons. The molecule has 1 aromatic rings. The van der Waals surface area contributed by atoms with E-state index in [1.165, 1.54) is 12.1 Å². The standard InChI is InChI=1S/C16H21FN2O2.ClH/c1-10(11-8-18-9-11)16(20)19-14-3-2-6-21-15-5-4-12(17)7-13(14)15;/h4-5,7,10-11,14,18H,2-3,6,8-9H2,1H3,(H,19,20);1H. The summed E-state index contributed by atoms with van der Waals surface area (Å²) in [5.74, 6) is 0.807. The van der Waals surface area contributed by atoms with E-state index in [-0.39, 0.29) is 36.1 Å². The summed E-state index contributed by atoms with van der Waals surface area (Å²) in [6.45, 7) is 4.36. The molecule has 22 heavy (non-hydrogen) atoms. The number of nitrogens with one attached hydrogen (secondary N) is 2. The molecule has 2 aliphatic rings. The van der Waals surface area contributed by atoms with Gasteiger partial charge in [-0.15, -0.1) is 12.4 Å². The van der Waals surface area contributed by atoms with Gasteiger partial charge in [0.25, 0.3) is 0 Å². The van der Waals surface area contributed by atoms with Gasteiger partial charge in [0.1, 0.15) is 11.6 Å². The maximum absolute atomic E-state index is 13.5. The van der Waals surface area contributed by atoms with Crippen LogP contribution in [-0.4, -0.2) is 25.6 Å². The second-order valence-electron chi connectivity index (χ2n) is 5.94. The van der Waals surface area contributed by atoms with E-state index in [0.717, 1.165) is 31.5 Å². The summed E-state index contributed by atoms with van der Waals surface area (Å²) >= 11 is 0. The number of rotatable bonds is 3. The molecule has 4 nitrogen and oxygen atoms in total. The Morgan fingerprint density at radius 2 is 2.23 bits per heavy atom. The van der Waals surface area contributed by atoms with Crippen LogP contribution in [0.5, 0.6) is 5.75 Å². The van der Waals surface area contributed by atoms with Crippen LogP contribution in [0.15, 0.2) is 18.2 Å². The van der Waals surface area contributed by atoms with Crippen molar-refractivity contribution in [3.63, 3.8) is 0 Å². The summed E-state index contributed by atoms with van der Waals surface area (Å²) < 4.78 is 19.1. The number of amides is 1. The van der Waals surface area contributed by atoms with Gasteiger partial charge < -0.3 is 15.4 Å². The lowest BCUT2D eigenvalue weighted by Crippen LogP contribution is -2.50. The number of halogens is 2. The lowest BCUT2D eigenvalue weighted by Gasteiger charge is -2.32. The summed E-state index contributed by atoms with van der Waals surface area (Å²) in [5, 5.41) is 6.26. The normalized spacial score (nSPS) is 22.2. The van der Waals surface area contributed by atoms with Gasteiger partial charge in [-0.1, -0.05) is 6.92 Å². The molecular weight excluding hydrogens is 307 g/mol. The Hall–Kier alpha value is -1.33. The lowest BCUT2D eigenvalue weighted by molar-refractivity contribution is -0.127. The maximum atomic E-state index is 13.5. The fraction of sp³-hybridized carbons (Fsp3) is 0.562. The van der Waals surface area contributed by atoms with Crippen molar-refractivity contribution >= 4 is 18.3 Å². The van der Waals surface area contributed by atoms with Gasteiger partial charge in [-0.25, -0.2) is 4.39 Å². The van der Waals surface area contributed by atoms with E-state index in [0.29, 0.717) is 18.3 Å². The average Bonchev–Trinajstić information content (AvgIpc) is 2.59. The predicted octanol–water partition coefficient (Wildman–Crippen LogP) is 2.43. The summed E-state index contributed by atoms with van der Waals surface area (Å²) in [6.07, 6.45) is 1.62. The molecule has 2 atom stereocenters. The van der Waals surface area contributed by atoms with Crippen LogP contribution in [0.2, 0.25) is 0 Å². The summed E-state index contributed by atoms with van der Waals surface area (Å²) in [6, 6.07) is 4.35. The van der Waals surface area contributed by atoms with E-state index < -0.39 is 0 Å². The largest absolute Gasteiger partial charge is 0.493 e. The van der Waals surface area contributed by atoms with E-state index in [2.05, 4.69) is 10.6 Å². The van der Waals surface area contributed by atoms with Crippen molar-refractivity contribution in [3.8, 4) is 5.75 Å². The third-order valence-corrected chi connectivity index (χ3v) is 4.49. The molecule has 1 amide bonds. The average molecular weight is 329 g/mol. The number of hydrogen-bond donors (Lipinski definition) is 2. The Kier molecular flexibility index (Phi) is 5.64. The molecule has 122 valence electrons. The number of carbonyl (C=O) groups excluding carboxylic acids is 1. The van der Waals surface area contributed by atoms with Gasteiger partial charge in [0.05, 0.1) is 12.6 Å². The highest BCUT2D eigenvalue weighted by atomic mass is 35.5. The third kappa shape index (κ3) is 3.52. The SMILES string of the molecule is CC(C(=O)NC1CCCOc2ccc(F)cc21)C1CNC1.Cl. The van der Waals surface area contributed by atoms with Crippen LogP contribution in [-0.2, 0) is 4.79 Å². The second-order valence-corrected chi connectivity index (χ2v) is 5.94. The summed E-state index contributed by atoms with van der Waals surface area (Å²) in [5.41, 5.74) is 0.750. The molecular formula is C16H22ClFN2O2. The van der Waals surface area contributed by atoms with Gasteiger partial charge >= 0.3 is 0 Å². The number of hydrogen-bond acceptors (Lipinski definition) is 3. The second kappa shape index (κ2) is 7.29. The molecule has 2 N–H and O–H groups in total. The first-order valence-electron chi connectivity index (χ1n) is 7.58. The Balaban J connectivity index is 0.00000176. The van der Waals surface area contributed by atoms with E-state index in [1.54, 1.807) is 6.07 Å². The zero-order chi connectivity index (χ0) is 14.8. The molecule has 0 bridgehead atoms. The first kappa shape index (κ1) is 17.0. The highest BCUT2D eigenvalue weighted by Crippen LogP contribution is 2.32. The van der Waals surface area contributed by atoms with Crippen LogP contribution >= 0.6 is 12.4 Å². The fourth-order valence-electron chi connectivity index (χ4n) is 2.88. The molecule has 0 aromatic heterocycles. The fourth-order valence-corrected chi connectivity index (χ4v) is 2.88. The Labute approximate surface area is 136 Å². The molecule has 0 aliphatic carbocycles. The third-order valence-electron chi connectivity index (χ3n) is 4.49. The molecule has 1 fully saturated rings. The Morgan fingerprint density at radius 1 is 1.45 bits per heavy atom. The van der Waals surface area contributed by atoms with Crippen LogP contribution in [0.4, 0.5) is 4.39 Å². The Bertz CT molecular complexity index is 537. The minimum absolute atomic E-state index is 0. The first-order chi connectivity index (χ1) is 10.1. The first-order valence-corrected chi connectivity index (χ1v) is 7.58. The molecule has 2 aliphatic heterocycles. The monoisotopic (exact) mass is 328 g/mol. The minimum Gasteiger partial charge on any atom is -0.493 e. The van der Waals surface area contributed by atoms with Gasteiger partial charge in [0.2, 0.25) is 5.91 Å². The minimum atomic E-state index is -0.297. The highest BCUT2D eigenvalue weighted by molar-refractivity contribution is 5.85. The molecule has 2 unspecified atom stereocenters. The van der Waals surface area contributed by atoms with E-state index >= 15 is 0 Å². The van der Waals surface area contributed by atoms with E-state index in [1.807, 2.05) is 6.92 Å². The zero-order valence-electron chi connectivity index (χ0n) is 12.6. The number of benzene rings is 1. The zero-order valence-corrected chi connectivity index (χ0v) is 13.4. The molecule has 1 saturated heterocycles. The van der Waals surface area contributed by atoms with Gasteiger partial charge in [-0.3, -0.25) is 4.79 Å². The molecule has 6 heteroatoms. The van der Waals surface area contributed by atoms with Crippen molar-refractivity contribution in [1.82, 2.24) is 10.6 Å². The van der Waals surface area contributed by atoms with Crippen molar-refractivity contribution in [2.75, 3.05) is 19.7 Å². The van der Waals surface area contributed by atoms with Crippen LogP contribution in [0, 0.1) is 17.7 Å². The maximum Gasteiger partial charge on any atom is 0.223 e. The lowest BCUT2D eigenvalue weighted by atomic mass is 9.88. The molecule has 0 saturated carbocycles. The van der Waals surface area contributed by atoms with Crippen molar-refractivity contribution in [1.29, 1.82) is 0 Å². The van der Waals surface area contributed by atoms with Gasteiger partial charge in [-0.2, -0.15) is 0 Å². The Morgan fingerprint density at radius 3 is 2.91 bits per heavy atom.